The van der Waals surface area contributed by atoms with E-state index < -0.39 is 0 Å². The molecule has 0 radical (unpaired) electrons. The lowest BCUT2D eigenvalue weighted by molar-refractivity contribution is -0.135. The summed E-state index contributed by atoms with van der Waals surface area (Å²) in [6.45, 7) is 8.91. The van der Waals surface area contributed by atoms with Crippen molar-refractivity contribution in [2.45, 2.75) is 46.2 Å². The van der Waals surface area contributed by atoms with Crippen LogP contribution in [-0.2, 0) is 11.3 Å². The molecule has 23 heavy (non-hydrogen) atoms. The van der Waals surface area contributed by atoms with E-state index in [9.17, 15) is 9.90 Å². The van der Waals surface area contributed by atoms with Crippen molar-refractivity contribution >= 4 is 17.2 Å². The minimum atomic E-state index is -0.331. The third-order valence-corrected chi connectivity index (χ3v) is 4.80. The van der Waals surface area contributed by atoms with Crippen LogP contribution in [0.3, 0.4) is 0 Å². The molecule has 0 saturated carbocycles. The van der Waals surface area contributed by atoms with Gasteiger partial charge in [-0.1, -0.05) is 13.8 Å². The Morgan fingerprint density at radius 1 is 1.39 bits per heavy atom. The Morgan fingerprint density at radius 2 is 2.13 bits per heavy atom. The highest BCUT2D eigenvalue weighted by atomic mass is 32.1. The molecular weight excluding hydrogens is 310 g/mol. The van der Waals surface area contributed by atoms with Gasteiger partial charge in [-0.2, -0.15) is 0 Å². The summed E-state index contributed by atoms with van der Waals surface area (Å²) in [6.07, 6.45) is 3.59. The highest BCUT2D eigenvalue weighted by Crippen LogP contribution is 2.22. The molecule has 2 heterocycles. The van der Waals surface area contributed by atoms with Crippen molar-refractivity contribution in [3.8, 4) is 0 Å². The first kappa shape index (κ1) is 17.7. The lowest BCUT2D eigenvalue weighted by atomic mass is 10.2. The summed E-state index contributed by atoms with van der Waals surface area (Å²) in [5.41, 5.74) is 0. The molecule has 1 N–H and O–H groups in total. The monoisotopic (exact) mass is 335 g/mol. The highest BCUT2D eigenvalue weighted by molar-refractivity contribution is 7.11. The lowest BCUT2D eigenvalue weighted by Gasteiger charge is -2.26. The smallest absolute Gasteiger partial charge is 0.245 e. The van der Waals surface area contributed by atoms with E-state index in [1.54, 1.807) is 22.4 Å². The Bertz CT molecular complexity index is 648. The van der Waals surface area contributed by atoms with Gasteiger partial charge in [0.15, 0.2) is 0 Å². The second-order valence-corrected chi connectivity index (χ2v) is 7.39. The maximum atomic E-state index is 12.9. The summed E-state index contributed by atoms with van der Waals surface area (Å²) in [5, 5.41) is 9.31. The van der Waals surface area contributed by atoms with E-state index in [4.69, 9.17) is 0 Å². The molecule has 126 valence electrons. The van der Waals surface area contributed by atoms with Gasteiger partial charge in [0.1, 0.15) is 11.9 Å². The van der Waals surface area contributed by atoms with Gasteiger partial charge in [0.25, 0.3) is 0 Å². The molecule has 0 aliphatic rings. The molecule has 0 saturated heterocycles. The number of aromatic nitrogens is 2. The molecule has 2 rings (SSSR count). The summed E-state index contributed by atoms with van der Waals surface area (Å²) in [6, 6.07) is 3.76. The Balaban J connectivity index is 2.17. The SMILES string of the molecule is Cc1ccc(CN(CCO)C(=O)[C@@H](C)n2ccnc2C(C)C)s1. The van der Waals surface area contributed by atoms with Gasteiger partial charge >= 0.3 is 0 Å². The van der Waals surface area contributed by atoms with Gasteiger partial charge in [0.2, 0.25) is 5.91 Å². The van der Waals surface area contributed by atoms with Crippen LogP contribution in [0.4, 0.5) is 0 Å². The average Bonchev–Trinajstić information content (AvgIpc) is 3.14. The topological polar surface area (TPSA) is 58.4 Å². The van der Waals surface area contributed by atoms with Crippen molar-refractivity contribution in [3.63, 3.8) is 0 Å². The fraction of sp³-hybridized carbons (Fsp3) is 0.529. The predicted octanol–water partition coefficient (Wildman–Crippen LogP) is 2.96. The van der Waals surface area contributed by atoms with Gasteiger partial charge in [0, 0.05) is 34.6 Å². The van der Waals surface area contributed by atoms with Crippen LogP contribution < -0.4 is 0 Å². The van der Waals surface area contributed by atoms with E-state index in [0.717, 1.165) is 10.7 Å². The zero-order chi connectivity index (χ0) is 17.0. The molecule has 0 aliphatic carbocycles. The van der Waals surface area contributed by atoms with Gasteiger partial charge in [-0.25, -0.2) is 4.98 Å². The maximum Gasteiger partial charge on any atom is 0.245 e. The molecule has 0 spiro atoms. The summed E-state index contributed by atoms with van der Waals surface area (Å²) >= 11 is 1.68. The quantitative estimate of drug-likeness (QED) is 0.846. The Kier molecular flexibility index (Phi) is 5.96. The number of carbonyl (C=O) groups excluding carboxylic acids is 1. The van der Waals surface area contributed by atoms with Crippen molar-refractivity contribution in [3.05, 3.63) is 40.1 Å². The van der Waals surface area contributed by atoms with Crippen LogP contribution >= 0.6 is 11.3 Å². The minimum absolute atomic E-state index is 0.00463. The van der Waals surface area contributed by atoms with Crippen molar-refractivity contribution in [1.82, 2.24) is 14.5 Å². The number of hydrogen-bond acceptors (Lipinski definition) is 4. The number of thiophene rings is 1. The van der Waals surface area contributed by atoms with Crippen LogP contribution in [0.15, 0.2) is 24.5 Å². The standard InChI is InChI=1S/C17H25N3O2S/c1-12(2)16-18-7-8-20(16)14(4)17(22)19(9-10-21)11-15-6-5-13(3)23-15/h5-8,12,14,21H,9-11H2,1-4H3/t14-/m1/s1. The number of aliphatic hydroxyl groups is 1. The number of hydrogen-bond donors (Lipinski definition) is 1. The molecule has 0 fully saturated rings. The molecule has 0 aromatic carbocycles. The summed E-state index contributed by atoms with van der Waals surface area (Å²) in [7, 11) is 0. The van der Waals surface area contributed by atoms with Crippen LogP contribution in [0, 0.1) is 6.92 Å². The molecule has 2 aromatic rings. The van der Waals surface area contributed by atoms with Crippen LogP contribution in [0.5, 0.6) is 0 Å². The minimum Gasteiger partial charge on any atom is -0.395 e. The molecule has 1 atom stereocenters. The largest absolute Gasteiger partial charge is 0.395 e. The predicted molar refractivity (Wildman–Crippen MR) is 92.6 cm³/mol. The molecule has 0 aliphatic heterocycles. The van der Waals surface area contributed by atoms with Gasteiger partial charge in [0.05, 0.1) is 13.2 Å². The van der Waals surface area contributed by atoms with Crippen molar-refractivity contribution in [2.75, 3.05) is 13.2 Å². The van der Waals surface area contributed by atoms with Crippen molar-refractivity contribution in [2.24, 2.45) is 0 Å². The van der Waals surface area contributed by atoms with Gasteiger partial charge in [-0.3, -0.25) is 4.79 Å². The summed E-state index contributed by atoms with van der Waals surface area (Å²) < 4.78 is 1.93. The number of aryl methyl sites for hydroxylation is 1. The van der Waals surface area contributed by atoms with Crippen molar-refractivity contribution in [1.29, 1.82) is 0 Å². The van der Waals surface area contributed by atoms with E-state index in [1.807, 2.05) is 23.8 Å². The van der Waals surface area contributed by atoms with E-state index in [0.29, 0.717) is 13.1 Å². The summed E-state index contributed by atoms with van der Waals surface area (Å²) in [4.78, 5) is 21.3. The fourth-order valence-corrected chi connectivity index (χ4v) is 3.53. The van der Waals surface area contributed by atoms with Crippen LogP contribution in [-0.4, -0.2) is 38.6 Å². The highest BCUT2D eigenvalue weighted by Gasteiger charge is 2.24. The van der Waals surface area contributed by atoms with Gasteiger partial charge in [-0.15, -0.1) is 11.3 Å². The number of amides is 1. The normalized spacial score (nSPS) is 12.6. The number of carbonyl (C=O) groups is 1. The van der Waals surface area contributed by atoms with Gasteiger partial charge in [-0.05, 0) is 26.0 Å². The first-order valence-electron chi connectivity index (χ1n) is 7.91. The summed E-state index contributed by atoms with van der Waals surface area (Å²) in [5.74, 6) is 1.17. The molecule has 6 heteroatoms. The number of imidazole rings is 1. The molecule has 0 bridgehead atoms. The van der Waals surface area contributed by atoms with E-state index in [2.05, 4.69) is 31.8 Å². The van der Waals surface area contributed by atoms with Crippen molar-refractivity contribution < 1.29 is 9.90 Å². The number of aliphatic hydroxyl groups excluding tert-OH is 1. The van der Waals surface area contributed by atoms with E-state index >= 15 is 0 Å². The Hall–Kier alpha value is -1.66. The first-order valence-corrected chi connectivity index (χ1v) is 8.73. The zero-order valence-electron chi connectivity index (χ0n) is 14.2. The van der Waals surface area contributed by atoms with Crippen LogP contribution in [0.25, 0.3) is 0 Å². The second kappa shape index (κ2) is 7.75. The first-order chi connectivity index (χ1) is 10.9. The maximum absolute atomic E-state index is 12.9. The average molecular weight is 335 g/mol. The Labute approximate surface area is 141 Å². The lowest BCUT2D eigenvalue weighted by Crippen LogP contribution is -2.37. The Morgan fingerprint density at radius 3 is 2.70 bits per heavy atom. The third kappa shape index (κ3) is 4.20. The third-order valence-electron chi connectivity index (χ3n) is 3.81. The zero-order valence-corrected chi connectivity index (χ0v) is 15.0. The van der Waals surface area contributed by atoms with Gasteiger partial charge < -0.3 is 14.6 Å². The number of rotatable bonds is 7. The molecule has 0 unspecified atom stereocenters. The van der Waals surface area contributed by atoms with E-state index in [1.165, 1.54) is 4.88 Å². The molecule has 1 amide bonds. The fourth-order valence-electron chi connectivity index (χ4n) is 2.63. The van der Waals surface area contributed by atoms with E-state index in [-0.39, 0.29) is 24.5 Å². The van der Waals surface area contributed by atoms with Crippen LogP contribution in [0.1, 0.15) is 48.3 Å². The molecule has 2 aromatic heterocycles. The molecule has 5 nitrogen and oxygen atoms in total. The molecular formula is C17H25N3O2S. The second-order valence-electron chi connectivity index (χ2n) is 6.02. The number of nitrogens with zero attached hydrogens (tertiary/aromatic N) is 3. The van der Waals surface area contributed by atoms with Crippen LogP contribution in [0.2, 0.25) is 0 Å².